The van der Waals surface area contributed by atoms with Crippen molar-refractivity contribution < 1.29 is 9.59 Å². The molecule has 3 heterocycles. The first-order valence-corrected chi connectivity index (χ1v) is 9.67. The van der Waals surface area contributed by atoms with Crippen molar-refractivity contribution in [3.05, 3.63) is 64.6 Å². The number of halogens is 1. The van der Waals surface area contributed by atoms with E-state index in [4.69, 9.17) is 0 Å². The number of para-hydroxylation sites is 1. The van der Waals surface area contributed by atoms with Crippen molar-refractivity contribution in [3.63, 3.8) is 0 Å². The van der Waals surface area contributed by atoms with Gasteiger partial charge < -0.3 is 0 Å². The third-order valence-electron chi connectivity index (χ3n) is 5.63. The Morgan fingerprint density at radius 1 is 0.808 bits per heavy atom. The first kappa shape index (κ1) is 16.2. The lowest BCUT2D eigenvalue weighted by atomic mass is 9.90. The minimum Gasteiger partial charge on any atom is -0.274 e. The molecule has 0 spiro atoms. The van der Waals surface area contributed by atoms with Crippen LogP contribution in [-0.2, 0) is 9.59 Å². The Morgan fingerprint density at radius 3 is 2.15 bits per heavy atom. The van der Waals surface area contributed by atoms with E-state index in [0.717, 1.165) is 29.5 Å². The maximum Gasteiger partial charge on any atom is 0.253 e. The lowest BCUT2D eigenvalue weighted by Crippen LogP contribution is -2.44. The topological polar surface area (TPSA) is 43.9 Å². The molecular formula is C20H18BrN3O2. The summed E-state index contributed by atoms with van der Waals surface area (Å²) in [4.78, 5) is 27.9. The summed E-state index contributed by atoms with van der Waals surface area (Å²) in [6.07, 6.45) is 1.02. The number of carbonyl (C=O) groups is 2. The molecule has 5 nitrogen and oxygen atoms in total. The number of hydrogen-bond acceptors (Lipinski definition) is 4. The summed E-state index contributed by atoms with van der Waals surface area (Å²) in [5.41, 5.74) is 1.75. The predicted octanol–water partition coefficient (Wildman–Crippen LogP) is 2.98. The number of imide groups is 1. The standard InChI is InChI=1S/C20H18BrN3O2/c21-14-9-7-13(8-10-14)17-16-18(23-12-4-11-22(17)23)20(26)24(19(16)25)15-5-2-1-3-6-15/h1-3,5-10,16-18H,4,11-12H2/t16-,17+,18+/m0/s1. The highest BCUT2D eigenvalue weighted by atomic mass is 79.9. The lowest BCUT2D eigenvalue weighted by Gasteiger charge is -2.29. The number of amides is 2. The average Bonchev–Trinajstić information content (AvgIpc) is 3.29. The molecule has 2 amide bonds. The van der Waals surface area contributed by atoms with Crippen molar-refractivity contribution in [1.82, 2.24) is 10.0 Å². The van der Waals surface area contributed by atoms with Crippen molar-refractivity contribution in [1.29, 1.82) is 0 Å². The molecule has 132 valence electrons. The molecule has 3 fully saturated rings. The Kier molecular flexibility index (Phi) is 3.74. The molecule has 3 aliphatic heterocycles. The molecular weight excluding hydrogens is 394 g/mol. The Morgan fingerprint density at radius 2 is 1.46 bits per heavy atom. The van der Waals surface area contributed by atoms with E-state index in [9.17, 15) is 9.59 Å². The van der Waals surface area contributed by atoms with Crippen LogP contribution in [0.4, 0.5) is 5.69 Å². The van der Waals surface area contributed by atoms with Gasteiger partial charge in [-0.15, -0.1) is 0 Å². The minimum atomic E-state index is -0.390. The predicted molar refractivity (Wildman–Crippen MR) is 101 cm³/mol. The fraction of sp³-hybridized carbons (Fsp3) is 0.300. The van der Waals surface area contributed by atoms with Gasteiger partial charge in [-0.1, -0.05) is 46.3 Å². The summed E-state index contributed by atoms with van der Waals surface area (Å²) in [6, 6.07) is 16.9. The van der Waals surface area contributed by atoms with E-state index < -0.39 is 0 Å². The van der Waals surface area contributed by atoms with Gasteiger partial charge in [-0.2, -0.15) is 0 Å². The monoisotopic (exact) mass is 411 g/mol. The third kappa shape index (κ3) is 2.22. The molecule has 0 N–H and O–H groups in total. The SMILES string of the molecule is O=C1[C@H]2[C@@H](c3ccc(Br)cc3)N3CCCN3[C@H]2C(=O)N1c1ccccc1. The van der Waals surface area contributed by atoms with Gasteiger partial charge in [-0.3, -0.25) is 9.59 Å². The molecule has 3 aliphatic rings. The second-order valence-corrected chi connectivity index (χ2v) is 7.91. The van der Waals surface area contributed by atoms with Crippen LogP contribution in [0.1, 0.15) is 18.0 Å². The van der Waals surface area contributed by atoms with E-state index in [2.05, 4.69) is 38.1 Å². The zero-order valence-corrected chi connectivity index (χ0v) is 15.7. The molecule has 0 saturated carbocycles. The van der Waals surface area contributed by atoms with Gasteiger partial charge in [-0.05, 0) is 36.2 Å². The number of fused-ring (bicyclic) bond motifs is 3. The minimum absolute atomic E-state index is 0.0826. The molecule has 0 aliphatic carbocycles. The fourth-order valence-electron chi connectivity index (χ4n) is 4.60. The quantitative estimate of drug-likeness (QED) is 0.712. The van der Waals surface area contributed by atoms with E-state index in [1.807, 2.05) is 42.5 Å². The number of anilines is 1. The molecule has 2 aromatic rings. The Labute approximate surface area is 160 Å². The van der Waals surface area contributed by atoms with Crippen molar-refractivity contribution in [3.8, 4) is 0 Å². The van der Waals surface area contributed by atoms with Crippen LogP contribution in [0.25, 0.3) is 0 Å². The largest absolute Gasteiger partial charge is 0.274 e. The van der Waals surface area contributed by atoms with Crippen LogP contribution in [-0.4, -0.2) is 41.0 Å². The number of benzene rings is 2. The Bertz CT molecular complexity index is 870. The second kappa shape index (κ2) is 6.01. The normalized spacial score (nSPS) is 28.7. The zero-order chi connectivity index (χ0) is 17.8. The van der Waals surface area contributed by atoms with E-state index in [0.29, 0.717) is 5.69 Å². The van der Waals surface area contributed by atoms with Crippen molar-refractivity contribution >= 4 is 33.4 Å². The Balaban J connectivity index is 1.59. The Hall–Kier alpha value is -2.02. The third-order valence-corrected chi connectivity index (χ3v) is 6.16. The smallest absolute Gasteiger partial charge is 0.253 e. The highest BCUT2D eigenvalue weighted by Gasteiger charge is 2.62. The van der Waals surface area contributed by atoms with E-state index >= 15 is 0 Å². The summed E-state index contributed by atoms with van der Waals surface area (Å²) in [6.45, 7) is 1.72. The van der Waals surface area contributed by atoms with E-state index in [1.165, 1.54) is 4.90 Å². The fourth-order valence-corrected chi connectivity index (χ4v) is 4.87. The molecule has 0 unspecified atom stereocenters. The molecule has 0 aromatic heterocycles. The van der Waals surface area contributed by atoms with Gasteiger partial charge in [-0.25, -0.2) is 14.9 Å². The molecule has 3 atom stereocenters. The van der Waals surface area contributed by atoms with Gasteiger partial charge >= 0.3 is 0 Å². The summed E-state index contributed by atoms with van der Waals surface area (Å²) in [5.74, 6) is -0.546. The first-order chi connectivity index (χ1) is 12.7. The number of rotatable bonds is 2. The summed E-state index contributed by atoms with van der Waals surface area (Å²) >= 11 is 3.48. The average molecular weight is 412 g/mol. The highest BCUT2D eigenvalue weighted by Crippen LogP contribution is 2.48. The van der Waals surface area contributed by atoms with Gasteiger partial charge in [0, 0.05) is 17.6 Å². The number of hydrogen-bond donors (Lipinski definition) is 0. The van der Waals surface area contributed by atoms with Gasteiger partial charge in [0.15, 0.2) is 0 Å². The molecule has 6 heteroatoms. The van der Waals surface area contributed by atoms with E-state index in [-0.39, 0.29) is 29.8 Å². The molecule has 0 bridgehead atoms. The van der Waals surface area contributed by atoms with Crippen LogP contribution >= 0.6 is 15.9 Å². The van der Waals surface area contributed by atoms with E-state index in [1.54, 1.807) is 0 Å². The summed E-state index contributed by atoms with van der Waals surface area (Å²) in [7, 11) is 0. The number of hydrazine groups is 1. The van der Waals surface area contributed by atoms with Crippen molar-refractivity contribution in [2.24, 2.45) is 5.92 Å². The van der Waals surface area contributed by atoms with Crippen molar-refractivity contribution in [2.45, 2.75) is 18.5 Å². The van der Waals surface area contributed by atoms with Gasteiger partial charge in [0.25, 0.3) is 5.91 Å². The van der Waals surface area contributed by atoms with Crippen LogP contribution in [0.2, 0.25) is 0 Å². The summed E-state index contributed by atoms with van der Waals surface area (Å²) in [5, 5.41) is 4.36. The molecule has 0 radical (unpaired) electrons. The van der Waals surface area contributed by atoms with Crippen molar-refractivity contribution in [2.75, 3.05) is 18.0 Å². The zero-order valence-electron chi connectivity index (χ0n) is 14.1. The molecule has 3 saturated heterocycles. The van der Waals surface area contributed by atoms with Crippen LogP contribution in [0.5, 0.6) is 0 Å². The highest BCUT2D eigenvalue weighted by molar-refractivity contribution is 9.10. The summed E-state index contributed by atoms with van der Waals surface area (Å²) < 4.78 is 1.01. The van der Waals surface area contributed by atoms with Crippen LogP contribution in [0.15, 0.2) is 59.1 Å². The first-order valence-electron chi connectivity index (χ1n) is 8.88. The lowest BCUT2D eigenvalue weighted by molar-refractivity contribution is -0.126. The van der Waals surface area contributed by atoms with Gasteiger partial charge in [0.2, 0.25) is 5.91 Å². The van der Waals surface area contributed by atoms with Gasteiger partial charge in [0.1, 0.15) is 6.04 Å². The van der Waals surface area contributed by atoms with Gasteiger partial charge in [0.05, 0.1) is 17.6 Å². The maximum atomic E-state index is 13.3. The molecule has 2 aromatic carbocycles. The number of nitrogens with zero attached hydrogens (tertiary/aromatic N) is 3. The maximum absolute atomic E-state index is 13.3. The molecule has 26 heavy (non-hydrogen) atoms. The van der Waals surface area contributed by atoms with Crippen LogP contribution in [0, 0.1) is 5.92 Å². The van der Waals surface area contributed by atoms with Crippen LogP contribution in [0.3, 0.4) is 0 Å². The second-order valence-electron chi connectivity index (χ2n) is 6.99. The number of carbonyl (C=O) groups excluding carboxylic acids is 2. The van der Waals surface area contributed by atoms with Crippen LogP contribution < -0.4 is 4.90 Å². The molecule has 5 rings (SSSR count).